The molecule has 1 nitrogen and oxygen atoms in total. The summed E-state index contributed by atoms with van der Waals surface area (Å²) in [6.07, 6.45) is 1.05. The molecule has 0 fully saturated rings. The summed E-state index contributed by atoms with van der Waals surface area (Å²) in [5.74, 6) is 0.881. The van der Waals surface area contributed by atoms with Gasteiger partial charge in [0.1, 0.15) is 5.82 Å². The maximum atomic E-state index is 13.6. The maximum absolute atomic E-state index is 13.6. The Kier molecular flexibility index (Phi) is 3.66. The van der Waals surface area contributed by atoms with Gasteiger partial charge < -0.3 is 5.32 Å². The average molecular weight is 237 g/mol. The first-order valence-corrected chi connectivity index (χ1v) is 6.46. The van der Waals surface area contributed by atoms with Gasteiger partial charge in [0.05, 0.1) is 0 Å². The highest BCUT2D eigenvalue weighted by Crippen LogP contribution is 2.37. The fourth-order valence-electron chi connectivity index (χ4n) is 1.90. The van der Waals surface area contributed by atoms with Gasteiger partial charge in [0.15, 0.2) is 0 Å². The Morgan fingerprint density at radius 2 is 2.44 bits per heavy atom. The number of hydrogen-bond acceptors (Lipinski definition) is 2. The highest BCUT2D eigenvalue weighted by molar-refractivity contribution is 7.99. The van der Waals surface area contributed by atoms with E-state index in [1.807, 2.05) is 13.0 Å². The molecule has 1 atom stereocenters. The van der Waals surface area contributed by atoms with Gasteiger partial charge >= 0.3 is 0 Å². The smallest absolute Gasteiger partial charge is 0.137 e. The van der Waals surface area contributed by atoms with E-state index < -0.39 is 0 Å². The zero-order chi connectivity index (χ0) is 11.5. The van der Waals surface area contributed by atoms with Gasteiger partial charge in [0, 0.05) is 17.5 Å². The van der Waals surface area contributed by atoms with E-state index in [2.05, 4.69) is 11.9 Å². The molecule has 1 heterocycles. The second-order valence-corrected chi connectivity index (χ2v) is 5.29. The molecule has 1 aromatic rings. The summed E-state index contributed by atoms with van der Waals surface area (Å²) in [6.45, 7) is 6.67. The molecule has 16 heavy (non-hydrogen) atoms. The summed E-state index contributed by atoms with van der Waals surface area (Å²) in [5.41, 5.74) is 2.20. The van der Waals surface area contributed by atoms with E-state index in [9.17, 15) is 4.39 Å². The van der Waals surface area contributed by atoms with E-state index in [0.717, 1.165) is 34.8 Å². The first kappa shape index (κ1) is 11.7. The first-order valence-electron chi connectivity index (χ1n) is 5.47. The monoisotopic (exact) mass is 237 g/mol. The summed E-state index contributed by atoms with van der Waals surface area (Å²) in [6, 6.07) is 5.60. The molecular formula is C13H16FNS. The molecule has 0 aromatic heterocycles. The Balaban J connectivity index is 2.19. The number of thioether (sulfide) groups is 1. The van der Waals surface area contributed by atoms with Crippen LogP contribution in [0.2, 0.25) is 0 Å². The number of rotatable bonds is 3. The second-order valence-electron chi connectivity index (χ2n) is 4.19. The van der Waals surface area contributed by atoms with Crippen LogP contribution in [0.1, 0.15) is 24.9 Å². The molecule has 0 radical (unpaired) electrons. The minimum Gasteiger partial charge on any atom is -0.306 e. The molecule has 3 heteroatoms. The van der Waals surface area contributed by atoms with Crippen molar-refractivity contribution in [1.29, 1.82) is 0 Å². The van der Waals surface area contributed by atoms with Crippen LogP contribution in [0.15, 0.2) is 35.2 Å². The molecule has 1 aliphatic rings. The molecular weight excluding hydrogens is 221 g/mol. The molecule has 0 spiro atoms. The van der Waals surface area contributed by atoms with Gasteiger partial charge in [-0.25, -0.2) is 4.39 Å². The average Bonchev–Trinajstić information content (AvgIpc) is 2.27. The fraction of sp³-hybridized carbons (Fsp3) is 0.385. The van der Waals surface area contributed by atoms with Crippen molar-refractivity contribution in [3.05, 3.63) is 41.7 Å². The third-order valence-corrected chi connectivity index (χ3v) is 3.84. The highest BCUT2D eigenvalue weighted by atomic mass is 32.2. The predicted octanol–water partition coefficient (Wildman–Crippen LogP) is 3.53. The summed E-state index contributed by atoms with van der Waals surface area (Å²) >= 11 is 1.62. The van der Waals surface area contributed by atoms with Crippen LogP contribution in [0.25, 0.3) is 0 Å². The van der Waals surface area contributed by atoms with Crippen molar-refractivity contribution in [3.8, 4) is 0 Å². The van der Waals surface area contributed by atoms with Crippen molar-refractivity contribution in [3.63, 3.8) is 0 Å². The minimum absolute atomic E-state index is 0.0932. The molecule has 0 amide bonds. The van der Waals surface area contributed by atoms with Crippen molar-refractivity contribution < 1.29 is 4.39 Å². The van der Waals surface area contributed by atoms with E-state index in [1.54, 1.807) is 17.8 Å². The van der Waals surface area contributed by atoms with Crippen LogP contribution >= 0.6 is 11.8 Å². The zero-order valence-corrected chi connectivity index (χ0v) is 10.2. The quantitative estimate of drug-likeness (QED) is 0.807. The van der Waals surface area contributed by atoms with E-state index >= 15 is 0 Å². The minimum atomic E-state index is -0.0932. The van der Waals surface area contributed by atoms with Crippen molar-refractivity contribution >= 4 is 11.8 Å². The number of benzene rings is 1. The lowest BCUT2D eigenvalue weighted by molar-refractivity contribution is 0.516. The van der Waals surface area contributed by atoms with Crippen LogP contribution < -0.4 is 5.32 Å². The molecule has 86 valence electrons. The molecule has 0 saturated heterocycles. The van der Waals surface area contributed by atoms with Gasteiger partial charge in [-0.05, 0) is 30.7 Å². The van der Waals surface area contributed by atoms with Gasteiger partial charge in [0.2, 0.25) is 0 Å². The lowest BCUT2D eigenvalue weighted by Crippen LogP contribution is -2.26. The highest BCUT2D eigenvalue weighted by Gasteiger charge is 2.22. The first-order chi connectivity index (χ1) is 7.68. The Morgan fingerprint density at radius 3 is 3.19 bits per heavy atom. The number of fused-ring (bicyclic) bond motifs is 1. The lowest BCUT2D eigenvalue weighted by Gasteiger charge is -2.26. The van der Waals surface area contributed by atoms with Gasteiger partial charge in [0.25, 0.3) is 0 Å². The van der Waals surface area contributed by atoms with Crippen molar-refractivity contribution in [2.45, 2.75) is 24.3 Å². The molecule has 0 aliphatic carbocycles. The van der Waals surface area contributed by atoms with E-state index in [1.165, 1.54) is 6.07 Å². The Hall–Kier alpha value is -0.800. The van der Waals surface area contributed by atoms with E-state index in [-0.39, 0.29) is 11.9 Å². The van der Waals surface area contributed by atoms with Crippen LogP contribution in [-0.4, -0.2) is 12.3 Å². The third kappa shape index (κ3) is 2.47. The molecule has 2 rings (SSSR count). The van der Waals surface area contributed by atoms with E-state index in [0.29, 0.717) is 0 Å². The number of nitrogens with one attached hydrogen (secondary N) is 1. The molecule has 1 aromatic carbocycles. The van der Waals surface area contributed by atoms with Crippen LogP contribution in [0.5, 0.6) is 0 Å². The second kappa shape index (κ2) is 5.02. The van der Waals surface area contributed by atoms with Crippen molar-refractivity contribution in [2.75, 3.05) is 12.3 Å². The zero-order valence-electron chi connectivity index (χ0n) is 9.42. The molecule has 1 aliphatic heterocycles. The van der Waals surface area contributed by atoms with Gasteiger partial charge in [-0.15, -0.1) is 11.8 Å². The standard InChI is InChI=1S/C13H16FNS/c1-9(2)8-15-12-6-7-16-13-10(12)4-3-5-11(13)14/h3-5,12,15H,1,6-8H2,2H3. The normalized spacial score (nSPS) is 19.2. The fourth-order valence-corrected chi connectivity index (χ4v) is 3.04. The third-order valence-electron chi connectivity index (χ3n) is 2.68. The van der Waals surface area contributed by atoms with Crippen LogP contribution in [-0.2, 0) is 0 Å². The topological polar surface area (TPSA) is 12.0 Å². The van der Waals surface area contributed by atoms with Gasteiger partial charge in [-0.3, -0.25) is 0 Å². The predicted molar refractivity (Wildman–Crippen MR) is 67.3 cm³/mol. The SMILES string of the molecule is C=C(C)CNC1CCSc2c(F)cccc21. The van der Waals surface area contributed by atoms with Crippen LogP contribution in [0, 0.1) is 5.82 Å². The molecule has 1 unspecified atom stereocenters. The van der Waals surface area contributed by atoms with Crippen LogP contribution in [0.4, 0.5) is 4.39 Å². The van der Waals surface area contributed by atoms with Crippen molar-refractivity contribution in [2.24, 2.45) is 0 Å². The Morgan fingerprint density at radius 1 is 1.62 bits per heavy atom. The van der Waals surface area contributed by atoms with E-state index in [4.69, 9.17) is 0 Å². The van der Waals surface area contributed by atoms with Crippen LogP contribution in [0.3, 0.4) is 0 Å². The summed E-state index contributed by atoms with van der Waals surface area (Å²) in [4.78, 5) is 0.813. The summed E-state index contributed by atoms with van der Waals surface area (Å²) in [7, 11) is 0. The molecule has 0 bridgehead atoms. The number of hydrogen-bond donors (Lipinski definition) is 1. The number of halogens is 1. The Bertz CT molecular complexity index is 403. The van der Waals surface area contributed by atoms with Crippen molar-refractivity contribution in [1.82, 2.24) is 5.32 Å². The molecule has 0 saturated carbocycles. The molecule has 1 N–H and O–H groups in total. The Labute approximate surface area is 100 Å². The lowest BCUT2D eigenvalue weighted by atomic mass is 10.0. The summed E-state index contributed by atoms with van der Waals surface area (Å²) < 4.78 is 13.6. The van der Waals surface area contributed by atoms with Gasteiger partial charge in [-0.1, -0.05) is 24.3 Å². The maximum Gasteiger partial charge on any atom is 0.137 e. The summed E-state index contributed by atoms with van der Waals surface area (Å²) in [5, 5.41) is 3.42. The largest absolute Gasteiger partial charge is 0.306 e. The van der Waals surface area contributed by atoms with Gasteiger partial charge in [-0.2, -0.15) is 0 Å².